The lowest BCUT2D eigenvalue weighted by molar-refractivity contribution is -0.134. The van der Waals surface area contributed by atoms with E-state index in [1.807, 2.05) is 6.07 Å². The number of halogens is 1. The fourth-order valence-corrected chi connectivity index (χ4v) is 2.22. The van der Waals surface area contributed by atoms with Crippen LogP contribution in [0, 0.1) is 5.82 Å². The molecule has 0 aliphatic carbocycles. The molecule has 23 heavy (non-hydrogen) atoms. The molecule has 0 saturated carbocycles. The monoisotopic (exact) mass is 317 g/mol. The van der Waals surface area contributed by atoms with Crippen LogP contribution in [0.25, 0.3) is 0 Å². The van der Waals surface area contributed by atoms with E-state index in [1.54, 1.807) is 50.4 Å². The van der Waals surface area contributed by atoms with Crippen molar-refractivity contribution in [2.45, 2.75) is 13.0 Å². The van der Waals surface area contributed by atoms with E-state index in [2.05, 4.69) is 0 Å². The van der Waals surface area contributed by atoms with Crippen LogP contribution in [0.2, 0.25) is 0 Å². The Morgan fingerprint density at radius 1 is 1.13 bits per heavy atom. The van der Waals surface area contributed by atoms with Crippen LogP contribution in [-0.4, -0.2) is 31.6 Å². The number of carbonyl (C=O) groups excluding carboxylic acids is 1. The molecule has 0 aliphatic heterocycles. The standard InChI is InChI=1S/C18H20FNO3/c1-13(14-8-4-5-9-15(14)19)20(2)18(21)12-23-17-11-7-6-10-16(17)22-3/h4-11,13H,12H2,1-3H3. The van der Waals surface area contributed by atoms with Gasteiger partial charge in [-0.1, -0.05) is 30.3 Å². The molecule has 0 fully saturated rings. The van der Waals surface area contributed by atoms with Crippen LogP contribution in [0.4, 0.5) is 4.39 Å². The maximum atomic E-state index is 13.8. The van der Waals surface area contributed by atoms with Crippen LogP contribution >= 0.6 is 0 Å². The van der Waals surface area contributed by atoms with Gasteiger partial charge in [-0.15, -0.1) is 0 Å². The van der Waals surface area contributed by atoms with Crippen LogP contribution in [0.15, 0.2) is 48.5 Å². The molecule has 122 valence electrons. The molecule has 0 aliphatic rings. The lowest BCUT2D eigenvalue weighted by Crippen LogP contribution is -2.34. The average Bonchev–Trinajstić information content (AvgIpc) is 2.59. The largest absolute Gasteiger partial charge is 0.493 e. The highest BCUT2D eigenvalue weighted by atomic mass is 19.1. The molecule has 1 unspecified atom stereocenters. The molecule has 5 heteroatoms. The Kier molecular flexibility index (Phi) is 5.57. The van der Waals surface area contributed by atoms with Crippen molar-refractivity contribution in [1.29, 1.82) is 0 Å². The molecule has 0 radical (unpaired) electrons. The van der Waals surface area contributed by atoms with Crippen molar-refractivity contribution in [2.24, 2.45) is 0 Å². The molecule has 1 atom stereocenters. The second-order valence-electron chi connectivity index (χ2n) is 5.14. The molecule has 2 aromatic rings. The Morgan fingerprint density at radius 3 is 2.39 bits per heavy atom. The van der Waals surface area contributed by atoms with Gasteiger partial charge in [0.2, 0.25) is 0 Å². The Morgan fingerprint density at radius 2 is 1.74 bits per heavy atom. The van der Waals surface area contributed by atoms with E-state index < -0.39 is 0 Å². The van der Waals surface area contributed by atoms with Gasteiger partial charge in [0, 0.05) is 12.6 Å². The number of nitrogens with zero attached hydrogens (tertiary/aromatic N) is 1. The summed E-state index contributed by atoms with van der Waals surface area (Å²) in [5.41, 5.74) is 0.473. The number of para-hydroxylation sites is 2. The Bertz CT molecular complexity index is 675. The predicted octanol–water partition coefficient (Wildman–Crippen LogP) is 3.43. The zero-order chi connectivity index (χ0) is 16.8. The number of benzene rings is 2. The van der Waals surface area contributed by atoms with Crippen LogP contribution in [0.3, 0.4) is 0 Å². The second kappa shape index (κ2) is 7.63. The maximum absolute atomic E-state index is 13.8. The molecule has 0 saturated heterocycles. The van der Waals surface area contributed by atoms with Gasteiger partial charge >= 0.3 is 0 Å². The molecule has 0 aromatic heterocycles. The minimum Gasteiger partial charge on any atom is -0.493 e. The molecule has 0 N–H and O–H groups in total. The van der Waals surface area contributed by atoms with Crippen molar-refractivity contribution < 1.29 is 18.7 Å². The van der Waals surface area contributed by atoms with Crippen molar-refractivity contribution in [3.63, 3.8) is 0 Å². The molecule has 2 rings (SSSR count). The topological polar surface area (TPSA) is 38.8 Å². The zero-order valence-electron chi connectivity index (χ0n) is 13.5. The smallest absolute Gasteiger partial charge is 0.260 e. The number of likely N-dealkylation sites (N-methyl/N-ethyl adjacent to an activating group) is 1. The first-order chi connectivity index (χ1) is 11.0. The van der Waals surface area contributed by atoms with Gasteiger partial charge in [0.05, 0.1) is 13.2 Å². The summed E-state index contributed by atoms with van der Waals surface area (Å²) in [7, 11) is 3.17. The summed E-state index contributed by atoms with van der Waals surface area (Å²) in [6, 6.07) is 13.1. The Balaban J connectivity index is 2.01. The summed E-state index contributed by atoms with van der Waals surface area (Å²) >= 11 is 0. The average molecular weight is 317 g/mol. The zero-order valence-corrected chi connectivity index (χ0v) is 13.5. The number of hydrogen-bond acceptors (Lipinski definition) is 3. The number of rotatable bonds is 6. The lowest BCUT2D eigenvalue weighted by Gasteiger charge is -2.25. The van der Waals surface area contributed by atoms with Crippen LogP contribution in [0.5, 0.6) is 11.5 Å². The number of hydrogen-bond donors (Lipinski definition) is 0. The maximum Gasteiger partial charge on any atom is 0.260 e. The van der Waals surface area contributed by atoms with Crippen molar-refractivity contribution in [2.75, 3.05) is 20.8 Å². The van der Waals surface area contributed by atoms with Crippen LogP contribution in [-0.2, 0) is 4.79 Å². The molecule has 1 amide bonds. The normalized spacial score (nSPS) is 11.7. The van der Waals surface area contributed by atoms with Gasteiger partial charge in [0.1, 0.15) is 5.82 Å². The fourth-order valence-electron chi connectivity index (χ4n) is 2.22. The Labute approximate surface area is 135 Å². The minimum absolute atomic E-state index is 0.143. The van der Waals surface area contributed by atoms with Crippen LogP contribution in [0.1, 0.15) is 18.5 Å². The summed E-state index contributed by atoms with van der Waals surface area (Å²) in [6.07, 6.45) is 0. The Hall–Kier alpha value is -2.56. The van der Waals surface area contributed by atoms with Gasteiger partial charge in [0.15, 0.2) is 18.1 Å². The predicted molar refractivity (Wildman–Crippen MR) is 86.1 cm³/mol. The van der Waals surface area contributed by atoms with Crippen molar-refractivity contribution >= 4 is 5.91 Å². The van der Waals surface area contributed by atoms with Crippen molar-refractivity contribution in [3.8, 4) is 11.5 Å². The van der Waals surface area contributed by atoms with Crippen molar-refractivity contribution in [1.82, 2.24) is 4.90 Å². The lowest BCUT2D eigenvalue weighted by atomic mass is 10.1. The molecule has 0 spiro atoms. The summed E-state index contributed by atoms with van der Waals surface area (Å²) in [5, 5.41) is 0. The first-order valence-electron chi connectivity index (χ1n) is 7.30. The number of methoxy groups -OCH3 is 1. The van der Waals surface area contributed by atoms with Crippen molar-refractivity contribution in [3.05, 3.63) is 59.9 Å². The first kappa shape index (κ1) is 16.8. The highest BCUT2D eigenvalue weighted by molar-refractivity contribution is 5.78. The van der Waals surface area contributed by atoms with E-state index in [0.29, 0.717) is 17.1 Å². The quantitative estimate of drug-likeness (QED) is 0.819. The molecule has 0 bridgehead atoms. The van der Waals surface area contributed by atoms with Gasteiger partial charge in [-0.2, -0.15) is 0 Å². The first-order valence-corrected chi connectivity index (χ1v) is 7.30. The van der Waals surface area contributed by atoms with Gasteiger partial charge in [-0.25, -0.2) is 4.39 Å². The van der Waals surface area contributed by atoms with E-state index in [4.69, 9.17) is 9.47 Å². The van der Waals surface area contributed by atoms with E-state index in [-0.39, 0.29) is 24.4 Å². The third-order valence-corrected chi connectivity index (χ3v) is 3.75. The summed E-state index contributed by atoms with van der Waals surface area (Å²) in [6.45, 7) is 1.63. The molecule has 2 aromatic carbocycles. The number of ether oxygens (including phenoxy) is 2. The summed E-state index contributed by atoms with van der Waals surface area (Å²) in [4.78, 5) is 13.7. The number of amides is 1. The summed E-state index contributed by atoms with van der Waals surface area (Å²) in [5.74, 6) is 0.484. The fraction of sp³-hybridized carbons (Fsp3) is 0.278. The van der Waals surface area contributed by atoms with E-state index in [1.165, 1.54) is 18.1 Å². The molecular formula is C18H20FNO3. The van der Waals surface area contributed by atoms with E-state index >= 15 is 0 Å². The molecule has 0 heterocycles. The van der Waals surface area contributed by atoms with Crippen LogP contribution < -0.4 is 9.47 Å². The van der Waals surface area contributed by atoms with Gasteiger partial charge < -0.3 is 14.4 Å². The van der Waals surface area contributed by atoms with Gasteiger partial charge in [0.25, 0.3) is 5.91 Å². The third-order valence-electron chi connectivity index (χ3n) is 3.75. The van der Waals surface area contributed by atoms with Gasteiger partial charge in [-0.05, 0) is 25.1 Å². The van der Waals surface area contributed by atoms with E-state index in [9.17, 15) is 9.18 Å². The molecular weight excluding hydrogens is 297 g/mol. The minimum atomic E-state index is -0.384. The van der Waals surface area contributed by atoms with E-state index in [0.717, 1.165) is 0 Å². The highest BCUT2D eigenvalue weighted by Crippen LogP contribution is 2.26. The van der Waals surface area contributed by atoms with Gasteiger partial charge in [-0.3, -0.25) is 4.79 Å². The summed E-state index contributed by atoms with van der Waals surface area (Å²) < 4.78 is 24.5. The molecule has 4 nitrogen and oxygen atoms in total. The third kappa shape index (κ3) is 4.00. The number of carbonyl (C=O) groups is 1. The second-order valence-corrected chi connectivity index (χ2v) is 5.14. The highest BCUT2D eigenvalue weighted by Gasteiger charge is 2.20. The SMILES string of the molecule is COc1ccccc1OCC(=O)N(C)C(C)c1ccccc1F.